The first-order chi connectivity index (χ1) is 13.4. The molecule has 150 valence electrons. The maximum Gasteiger partial charge on any atom is 0.253 e. The Balaban J connectivity index is 1.58. The summed E-state index contributed by atoms with van der Waals surface area (Å²) in [5.41, 5.74) is 0.383. The highest BCUT2D eigenvalue weighted by Gasteiger charge is 2.27. The van der Waals surface area contributed by atoms with Crippen molar-refractivity contribution in [3.05, 3.63) is 59.9 Å². The van der Waals surface area contributed by atoms with Crippen LogP contribution in [0.4, 0.5) is 4.39 Å². The summed E-state index contributed by atoms with van der Waals surface area (Å²) >= 11 is 0. The molecule has 3 rings (SSSR count). The molecule has 0 aliphatic carbocycles. The molecule has 2 aromatic carbocycles. The first-order valence-electron chi connectivity index (χ1n) is 9.12. The minimum Gasteiger partial charge on any atom is -0.489 e. The van der Waals surface area contributed by atoms with Crippen LogP contribution in [0.25, 0.3) is 0 Å². The number of likely N-dealkylation sites (N-methyl/N-ethyl adjacent to an activating group) is 1. The summed E-state index contributed by atoms with van der Waals surface area (Å²) in [5.74, 6) is -0.576. The van der Waals surface area contributed by atoms with Gasteiger partial charge in [0.05, 0.1) is 11.4 Å². The summed E-state index contributed by atoms with van der Waals surface area (Å²) in [6.07, 6.45) is 1.74. The molecule has 1 saturated heterocycles. The van der Waals surface area contributed by atoms with Gasteiger partial charge in [-0.1, -0.05) is 12.1 Å². The molecule has 8 heteroatoms. The predicted octanol–water partition coefficient (Wildman–Crippen LogP) is 2.76. The van der Waals surface area contributed by atoms with Crippen molar-refractivity contribution in [1.82, 2.24) is 9.21 Å². The van der Waals surface area contributed by atoms with Crippen LogP contribution < -0.4 is 4.74 Å². The third-order valence-electron chi connectivity index (χ3n) is 4.67. The Morgan fingerprint density at radius 1 is 1.11 bits per heavy atom. The summed E-state index contributed by atoms with van der Waals surface area (Å²) in [6.45, 7) is 1.48. The maximum atomic E-state index is 13.5. The van der Waals surface area contributed by atoms with E-state index in [1.807, 2.05) is 0 Å². The first-order valence-corrected chi connectivity index (χ1v) is 10.6. The van der Waals surface area contributed by atoms with Gasteiger partial charge in [0.2, 0.25) is 10.0 Å². The van der Waals surface area contributed by atoms with E-state index < -0.39 is 15.8 Å². The lowest BCUT2D eigenvalue weighted by Crippen LogP contribution is -2.31. The van der Waals surface area contributed by atoms with E-state index in [9.17, 15) is 17.6 Å². The zero-order valence-corrected chi connectivity index (χ0v) is 16.5. The van der Waals surface area contributed by atoms with Crippen molar-refractivity contribution < 1.29 is 22.3 Å². The molecule has 28 heavy (non-hydrogen) atoms. The highest BCUT2D eigenvalue weighted by atomic mass is 32.2. The van der Waals surface area contributed by atoms with Crippen molar-refractivity contribution in [2.75, 3.05) is 33.3 Å². The second-order valence-corrected chi connectivity index (χ2v) is 8.58. The van der Waals surface area contributed by atoms with Gasteiger partial charge in [-0.25, -0.2) is 12.8 Å². The smallest absolute Gasteiger partial charge is 0.253 e. The van der Waals surface area contributed by atoms with Crippen LogP contribution in [0.2, 0.25) is 0 Å². The summed E-state index contributed by atoms with van der Waals surface area (Å²) in [4.78, 5) is 14.1. The molecule has 0 spiro atoms. The van der Waals surface area contributed by atoms with Gasteiger partial charge in [0, 0.05) is 25.7 Å². The van der Waals surface area contributed by atoms with E-state index in [1.165, 1.54) is 45.6 Å². The van der Waals surface area contributed by atoms with E-state index in [0.717, 1.165) is 12.8 Å². The summed E-state index contributed by atoms with van der Waals surface area (Å²) in [6, 6.07) is 12.0. The molecule has 2 aromatic rings. The molecule has 1 amide bonds. The number of halogens is 1. The lowest BCUT2D eigenvalue weighted by Gasteiger charge is -2.18. The van der Waals surface area contributed by atoms with Crippen molar-refractivity contribution in [3.63, 3.8) is 0 Å². The summed E-state index contributed by atoms with van der Waals surface area (Å²) in [7, 11) is -1.88. The number of benzene rings is 2. The molecule has 0 radical (unpaired) electrons. The normalized spacial score (nSPS) is 14.8. The Labute approximate surface area is 164 Å². The summed E-state index contributed by atoms with van der Waals surface area (Å²) < 4.78 is 45.4. The van der Waals surface area contributed by atoms with Gasteiger partial charge in [-0.3, -0.25) is 4.79 Å². The van der Waals surface area contributed by atoms with E-state index in [-0.39, 0.29) is 29.7 Å². The fourth-order valence-electron chi connectivity index (χ4n) is 3.02. The number of hydrogen-bond donors (Lipinski definition) is 0. The van der Waals surface area contributed by atoms with Crippen LogP contribution in [-0.2, 0) is 10.0 Å². The number of carbonyl (C=O) groups is 1. The maximum absolute atomic E-state index is 13.5. The molecule has 1 aliphatic heterocycles. The van der Waals surface area contributed by atoms with Gasteiger partial charge in [0.1, 0.15) is 6.61 Å². The number of carbonyl (C=O) groups excluding carboxylic acids is 1. The highest BCUT2D eigenvalue weighted by molar-refractivity contribution is 7.89. The van der Waals surface area contributed by atoms with E-state index >= 15 is 0 Å². The van der Waals surface area contributed by atoms with Crippen LogP contribution in [0.3, 0.4) is 0 Å². The second-order valence-electron chi connectivity index (χ2n) is 6.64. The number of hydrogen-bond acceptors (Lipinski definition) is 4. The van der Waals surface area contributed by atoms with Crippen molar-refractivity contribution >= 4 is 15.9 Å². The van der Waals surface area contributed by atoms with Crippen LogP contribution in [-0.4, -0.2) is 56.8 Å². The minimum absolute atomic E-state index is 0.139. The molecule has 1 fully saturated rings. The van der Waals surface area contributed by atoms with Crippen LogP contribution >= 0.6 is 0 Å². The van der Waals surface area contributed by atoms with Gasteiger partial charge in [-0.15, -0.1) is 0 Å². The summed E-state index contributed by atoms with van der Waals surface area (Å²) in [5, 5.41) is 0. The molecule has 0 saturated carbocycles. The fraction of sp³-hybridized carbons (Fsp3) is 0.350. The standard InChI is InChI=1S/C20H23FN2O4S/c1-22(14-15-27-19-7-3-2-6-18(19)21)20(24)16-8-10-17(11-9-16)28(25,26)23-12-4-5-13-23/h2-3,6-11H,4-5,12-15H2,1H3. The lowest BCUT2D eigenvalue weighted by atomic mass is 10.2. The van der Waals surface area contributed by atoms with Crippen molar-refractivity contribution in [1.29, 1.82) is 0 Å². The first kappa shape index (κ1) is 20.3. The Bertz CT molecular complexity index is 925. The van der Waals surface area contributed by atoms with E-state index in [0.29, 0.717) is 18.7 Å². The Morgan fingerprint density at radius 3 is 2.39 bits per heavy atom. The van der Waals surface area contributed by atoms with E-state index in [2.05, 4.69) is 0 Å². The quantitative estimate of drug-likeness (QED) is 0.709. The molecular weight excluding hydrogens is 383 g/mol. The molecule has 1 aliphatic rings. The number of ether oxygens (including phenoxy) is 1. The van der Waals surface area contributed by atoms with Gasteiger partial charge in [-0.2, -0.15) is 4.31 Å². The molecular formula is C20H23FN2O4S. The van der Waals surface area contributed by atoms with Gasteiger partial charge in [0.15, 0.2) is 11.6 Å². The van der Waals surface area contributed by atoms with E-state index in [4.69, 9.17) is 4.74 Å². The zero-order valence-electron chi connectivity index (χ0n) is 15.7. The SMILES string of the molecule is CN(CCOc1ccccc1F)C(=O)c1ccc(S(=O)(=O)N2CCCC2)cc1. The van der Waals surface area contributed by atoms with Gasteiger partial charge in [-0.05, 0) is 49.2 Å². The average molecular weight is 406 g/mol. The van der Waals surface area contributed by atoms with Gasteiger partial charge >= 0.3 is 0 Å². The van der Waals surface area contributed by atoms with Crippen LogP contribution in [0, 0.1) is 5.82 Å². The van der Waals surface area contributed by atoms with Gasteiger partial charge < -0.3 is 9.64 Å². The monoisotopic (exact) mass is 406 g/mol. The van der Waals surface area contributed by atoms with Crippen molar-refractivity contribution in [2.24, 2.45) is 0 Å². The van der Waals surface area contributed by atoms with Crippen LogP contribution in [0.15, 0.2) is 53.4 Å². The van der Waals surface area contributed by atoms with E-state index in [1.54, 1.807) is 19.2 Å². The molecule has 0 bridgehead atoms. The predicted molar refractivity (Wildman–Crippen MR) is 103 cm³/mol. The number of para-hydroxylation sites is 1. The molecule has 0 N–H and O–H groups in total. The number of sulfonamides is 1. The Kier molecular flexibility index (Phi) is 6.31. The topological polar surface area (TPSA) is 66.9 Å². The van der Waals surface area contributed by atoms with Gasteiger partial charge in [0.25, 0.3) is 5.91 Å². The number of rotatable bonds is 7. The largest absolute Gasteiger partial charge is 0.489 e. The van der Waals surface area contributed by atoms with Crippen molar-refractivity contribution in [2.45, 2.75) is 17.7 Å². The van der Waals surface area contributed by atoms with Crippen LogP contribution in [0.5, 0.6) is 5.75 Å². The minimum atomic E-state index is -3.50. The molecule has 0 aromatic heterocycles. The Morgan fingerprint density at radius 2 is 1.75 bits per heavy atom. The lowest BCUT2D eigenvalue weighted by molar-refractivity contribution is 0.0773. The zero-order chi connectivity index (χ0) is 20.1. The molecule has 1 heterocycles. The fourth-order valence-corrected chi connectivity index (χ4v) is 4.54. The van der Waals surface area contributed by atoms with Crippen LogP contribution in [0.1, 0.15) is 23.2 Å². The second kappa shape index (κ2) is 8.70. The third kappa shape index (κ3) is 4.51. The average Bonchev–Trinajstić information content (AvgIpc) is 3.24. The molecule has 0 unspecified atom stereocenters. The van der Waals surface area contributed by atoms with Crippen molar-refractivity contribution in [3.8, 4) is 5.75 Å². The highest BCUT2D eigenvalue weighted by Crippen LogP contribution is 2.21. The number of nitrogens with zero attached hydrogens (tertiary/aromatic N) is 2. The molecule has 6 nitrogen and oxygen atoms in total. The third-order valence-corrected chi connectivity index (χ3v) is 6.58. The molecule has 0 atom stereocenters. The number of amides is 1. The Hall–Kier alpha value is -2.45.